The van der Waals surface area contributed by atoms with Crippen LogP contribution in [-0.2, 0) is 20.9 Å². The first-order valence-electron chi connectivity index (χ1n) is 9.38. The molecular formula is C22H20INO6S. The maximum atomic E-state index is 12.8. The molecule has 0 radical (unpaired) electrons. The van der Waals surface area contributed by atoms with Crippen LogP contribution in [0, 0.1) is 3.57 Å². The van der Waals surface area contributed by atoms with E-state index in [4.69, 9.17) is 14.2 Å². The van der Waals surface area contributed by atoms with Crippen LogP contribution in [0.4, 0.5) is 4.79 Å². The molecule has 2 amide bonds. The topological polar surface area (TPSA) is 82.1 Å². The Balaban J connectivity index is 1.79. The molecule has 0 saturated carbocycles. The second-order valence-corrected chi connectivity index (χ2v) is 8.54. The highest BCUT2D eigenvalue weighted by Crippen LogP contribution is 2.37. The molecule has 2 aromatic carbocycles. The quantitative estimate of drug-likeness (QED) is 0.271. The zero-order valence-electron chi connectivity index (χ0n) is 16.9. The van der Waals surface area contributed by atoms with Gasteiger partial charge in [0.1, 0.15) is 0 Å². The predicted molar refractivity (Wildman–Crippen MR) is 126 cm³/mol. The van der Waals surface area contributed by atoms with Gasteiger partial charge in [-0.1, -0.05) is 30.3 Å². The molecule has 1 saturated heterocycles. The highest BCUT2D eigenvalue weighted by molar-refractivity contribution is 14.1. The summed E-state index contributed by atoms with van der Waals surface area (Å²) < 4.78 is 16.5. The number of halogens is 1. The molecule has 0 bridgehead atoms. The third kappa shape index (κ3) is 5.79. The van der Waals surface area contributed by atoms with Crippen LogP contribution in [0.5, 0.6) is 11.5 Å². The zero-order valence-corrected chi connectivity index (χ0v) is 19.9. The van der Waals surface area contributed by atoms with Gasteiger partial charge in [-0.15, -0.1) is 0 Å². The number of hydrogen-bond acceptors (Lipinski definition) is 7. The van der Waals surface area contributed by atoms with Crippen LogP contribution >= 0.6 is 34.4 Å². The van der Waals surface area contributed by atoms with Crippen molar-refractivity contribution in [2.75, 3.05) is 20.3 Å². The van der Waals surface area contributed by atoms with Crippen LogP contribution in [-0.4, -0.2) is 42.3 Å². The Bertz CT molecular complexity index is 1020. The summed E-state index contributed by atoms with van der Waals surface area (Å²) in [6.07, 6.45) is 1.65. The van der Waals surface area contributed by atoms with Gasteiger partial charge in [0, 0.05) is 0 Å². The lowest BCUT2D eigenvalue weighted by Gasteiger charge is -2.13. The first-order chi connectivity index (χ1) is 14.9. The number of carbonyl (C=O) groups excluding carboxylic acids is 3. The number of hydrogen-bond donors (Lipinski definition) is 0. The van der Waals surface area contributed by atoms with E-state index in [0.717, 1.165) is 17.3 Å². The Morgan fingerprint density at radius 1 is 1.19 bits per heavy atom. The fourth-order valence-electron chi connectivity index (χ4n) is 2.85. The lowest BCUT2D eigenvalue weighted by molar-refractivity contribution is -0.145. The standard InChI is InChI=1S/C22H20INO6S/c1-3-29-19(25)13-30-20-16(23)9-15(10-17(20)28-2)11-18-21(26)24(22(27)31-18)12-14-7-5-4-6-8-14/h4-11H,3,12-13H2,1-2H3/b18-11-. The van der Waals surface area contributed by atoms with Gasteiger partial charge in [-0.25, -0.2) is 4.79 Å². The molecule has 162 valence electrons. The molecule has 0 aliphatic carbocycles. The fraction of sp³-hybridized carbons (Fsp3) is 0.227. The number of esters is 1. The van der Waals surface area contributed by atoms with Crippen molar-refractivity contribution in [3.63, 3.8) is 0 Å². The Morgan fingerprint density at radius 3 is 2.61 bits per heavy atom. The van der Waals surface area contributed by atoms with Crippen LogP contribution < -0.4 is 9.47 Å². The van der Waals surface area contributed by atoms with Crippen molar-refractivity contribution in [1.29, 1.82) is 0 Å². The third-order valence-corrected chi connectivity index (χ3v) is 5.96. The molecule has 31 heavy (non-hydrogen) atoms. The highest BCUT2D eigenvalue weighted by atomic mass is 127. The number of amides is 2. The Morgan fingerprint density at radius 2 is 1.94 bits per heavy atom. The minimum absolute atomic E-state index is 0.227. The predicted octanol–water partition coefficient (Wildman–Crippen LogP) is 4.48. The van der Waals surface area contributed by atoms with Crippen molar-refractivity contribution >= 4 is 57.5 Å². The van der Waals surface area contributed by atoms with Crippen molar-refractivity contribution in [1.82, 2.24) is 4.90 Å². The Kier molecular flexibility index (Phi) is 7.97. The molecule has 1 heterocycles. The van der Waals surface area contributed by atoms with Crippen LogP contribution in [0.3, 0.4) is 0 Å². The van der Waals surface area contributed by atoms with Crippen LogP contribution in [0.2, 0.25) is 0 Å². The molecule has 9 heteroatoms. The summed E-state index contributed by atoms with van der Waals surface area (Å²) in [6, 6.07) is 12.8. The second-order valence-electron chi connectivity index (χ2n) is 6.38. The molecule has 1 fully saturated rings. The van der Waals surface area contributed by atoms with Crippen molar-refractivity contribution in [3.05, 3.63) is 62.1 Å². The van der Waals surface area contributed by atoms with Gasteiger partial charge in [0.25, 0.3) is 11.1 Å². The highest BCUT2D eigenvalue weighted by Gasteiger charge is 2.35. The van der Waals surface area contributed by atoms with Crippen molar-refractivity contribution in [2.24, 2.45) is 0 Å². The number of methoxy groups -OCH3 is 1. The summed E-state index contributed by atoms with van der Waals surface area (Å²) in [5, 5.41) is -0.309. The minimum Gasteiger partial charge on any atom is -0.493 e. The fourth-order valence-corrected chi connectivity index (χ4v) is 4.47. The normalized spacial score (nSPS) is 14.8. The minimum atomic E-state index is -0.475. The molecule has 0 unspecified atom stereocenters. The summed E-state index contributed by atoms with van der Waals surface area (Å²) in [5.74, 6) is 0.00318. The van der Waals surface area contributed by atoms with E-state index in [2.05, 4.69) is 22.6 Å². The summed E-state index contributed by atoms with van der Waals surface area (Å²) >= 11 is 2.96. The van der Waals surface area contributed by atoms with E-state index in [0.29, 0.717) is 25.5 Å². The molecule has 1 aliphatic rings. The van der Waals surface area contributed by atoms with Gasteiger partial charge >= 0.3 is 5.97 Å². The smallest absolute Gasteiger partial charge is 0.344 e. The van der Waals surface area contributed by atoms with Gasteiger partial charge in [0.2, 0.25) is 0 Å². The molecule has 7 nitrogen and oxygen atoms in total. The van der Waals surface area contributed by atoms with Crippen molar-refractivity contribution < 1.29 is 28.6 Å². The maximum absolute atomic E-state index is 12.8. The van der Waals surface area contributed by atoms with E-state index < -0.39 is 5.97 Å². The second kappa shape index (κ2) is 10.7. The van der Waals surface area contributed by atoms with E-state index >= 15 is 0 Å². The number of thioether (sulfide) groups is 1. The molecule has 0 N–H and O–H groups in total. The van der Waals surface area contributed by atoms with Gasteiger partial charge in [0.15, 0.2) is 18.1 Å². The van der Waals surface area contributed by atoms with Gasteiger partial charge in [-0.3, -0.25) is 14.5 Å². The van der Waals surface area contributed by atoms with Crippen LogP contribution in [0.15, 0.2) is 47.4 Å². The summed E-state index contributed by atoms with van der Waals surface area (Å²) in [7, 11) is 1.49. The van der Waals surface area contributed by atoms with Crippen LogP contribution in [0.25, 0.3) is 6.08 Å². The average molecular weight is 553 g/mol. The number of rotatable bonds is 8. The first-order valence-corrected chi connectivity index (χ1v) is 11.3. The molecule has 0 spiro atoms. The van der Waals surface area contributed by atoms with Gasteiger partial charge in [-0.2, -0.15) is 0 Å². The number of imide groups is 1. The number of nitrogens with zero attached hydrogens (tertiary/aromatic N) is 1. The summed E-state index contributed by atoms with van der Waals surface area (Å²) in [5.41, 5.74) is 1.56. The molecular weight excluding hydrogens is 533 g/mol. The van der Waals surface area contributed by atoms with Crippen molar-refractivity contribution in [2.45, 2.75) is 13.5 Å². The average Bonchev–Trinajstić information content (AvgIpc) is 3.01. The monoisotopic (exact) mass is 553 g/mol. The lowest BCUT2D eigenvalue weighted by Crippen LogP contribution is -2.27. The summed E-state index contributed by atoms with van der Waals surface area (Å²) in [4.78, 5) is 38.3. The Hall–Kier alpha value is -2.53. The zero-order chi connectivity index (χ0) is 22.4. The Labute approximate surface area is 197 Å². The molecule has 2 aromatic rings. The maximum Gasteiger partial charge on any atom is 0.344 e. The van der Waals surface area contributed by atoms with Gasteiger partial charge in [-0.05, 0) is 70.6 Å². The van der Waals surface area contributed by atoms with Crippen molar-refractivity contribution in [3.8, 4) is 11.5 Å². The van der Waals surface area contributed by atoms with E-state index in [9.17, 15) is 14.4 Å². The van der Waals surface area contributed by atoms with Gasteiger partial charge < -0.3 is 14.2 Å². The molecule has 3 rings (SSSR count). The summed E-state index contributed by atoms with van der Waals surface area (Å²) in [6.45, 7) is 1.98. The molecule has 1 aliphatic heterocycles. The lowest BCUT2D eigenvalue weighted by atomic mass is 10.1. The number of carbonyl (C=O) groups is 3. The number of benzene rings is 2. The number of ether oxygens (including phenoxy) is 3. The van der Waals surface area contributed by atoms with E-state index in [1.54, 1.807) is 25.1 Å². The third-order valence-electron chi connectivity index (χ3n) is 4.25. The SMILES string of the molecule is CCOC(=O)COc1c(I)cc(/C=C2\SC(=O)N(Cc3ccccc3)C2=O)cc1OC. The van der Waals surface area contributed by atoms with Gasteiger partial charge in [0.05, 0.1) is 28.7 Å². The van der Waals surface area contributed by atoms with E-state index in [1.165, 1.54) is 12.0 Å². The van der Waals surface area contributed by atoms with E-state index in [1.807, 2.05) is 30.3 Å². The molecule has 0 aromatic heterocycles. The molecule has 0 atom stereocenters. The van der Waals surface area contributed by atoms with Crippen LogP contribution in [0.1, 0.15) is 18.1 Å². The van der Waals surface area contributed by atoms with E-state index in [-0.39, 0.29) is 30.9 Å². The first kappa shape index (κ1) is 23.1. The largest absolute Gasteiger partial charge is 0.493 e.